The first-order valence-electron chi connectivity index (χ1n) is 6.16. The minimum absolute atomic E-state index is 0.151. The van der Waals surface area contributed by atoms with E-state index in [0.29, 0.717) is 32.7 Å². The number of carbonyl (C=O) groups is 1. The molecule has 0 saturated heterocycles. The largest absolute Gasteiger partial charge is 0.383 e. The number of rotatable bonds is 8. The zero-order valence-electron chi connectivity index (χ0n) is 11.1. The SMILES string of the molecule is COCCN(Cc1cccs1)C(=O)CC(C)CN. The second kappa shape index (κ2) is 8.24. The molecule has 102 valence electrons. The summed E-state index contributed by atoms with van der Waals surface area (Å²) in [7, 11) is 1.65. The Balaban J connectivity index is 2.56. The molecule has 0 aromatic carbocycles. The molecule has 0 bridgehead atoms. The van der Waals surface area contributed by atoms with Gasteiger partial charge in [0.05, 0.1) is 13.2 Å². The Bertz CT molecular complexity index is 341. The maximum atomic E-state index is 12.2. The van der Waals surface area contributed by atoms with Crippen molar-refractivity contribution in [1.29, 1.82) is 0 Å². The number of hydrogen-bond acceptors (Lipinski definition) is 4. The first kappa shape index (κ1) is 15.1. The van der Waals surface area contributed by atoms with Gasteiger partial charge in [-0.25, -0.2) is 0 Å². The van der Waals surface area contributed by atoms with Crippen LogP contribution in [-0.2, 0) is 16.1 Å². The third kappa shape index (κ3) is 5.16. The molecule has 0 aliphatic carbocycles. The zero-order valence-corrected chi connectivity index (χ0v) is 11.9. The van der Waals surface area contributed by atoms with Crippen molar-refractivity contribution in [2.75, 3.05) is 26.8 Å². The van der Waals surface area contributed by atoms with Crippen molar-refractivity contribution < 1.29 is 9.53 Å². The second-order valence-electron chi connectivity index (χ2n) is 4.43. The fourth-order valence-electron chi connectivity index (χ4n) is 1.59. The summed E-state index contributed by atoms with van der Waals surface area (Å²) in [6.45, 7) is 4.40. The Labute approximate surface area is 113 Å². The minimum Gasteiger partial charge on any atom is -0.383 e. The minimum atomic E-state index is 0.151. The van der Waals surface area contributed by atoms with Gasteiger partial charge in [-0.1, -0.05) is 13.0 Å². The number of nitrogens with two attached hydrogens (primary N) is 1. The molecule has 1 aromatic heterocycles. The molecule has 18 heavy (non-hydrogen) atoms. The summed E-state index contributed by atoms with van der Waals surface area (Å²) in [6.07, 6.45) is 0.506. The van der Waals surface area contributed by atoms with E-state index in [4.69, 9.17) is 10.5 Å². The quantitative estimate of drug-likeness (QED) is 0.782. The molecule has 0 spiro atoms. The van der Waals surface area contributed by atoms with E-state index in [1.165, 1.54) is 4.88 Å². The fraction of sp³-hybridized carbons (Fsp3) is 0.615. The summed E-state index contributed by atoms with van der Waals surface area (Å²) in [4.78, 5) is 15.2. The monoisotopic (exact) mass is 270 g/mol. The highest BCUT2D eigenvalue weighted by Gasteiger charge is 2.16. The van der Waals surface area contributed by atoms with Gasteiger partial charge in [0.1, 0.15) is 0 Å². The average molecular weight is 270 g/mol. The molecule has 1 rings (SSSR count). The smallest absolute Gasteiger partial charge is 0.223 e. The molecule has 1 amide bonds. The van der Waals surface area contributed by atoms with Gasteiger partial charge in [-0.05, 0) is 23.9 Å². The van der Waals surface area contributed by atoms with E-state index in [1.807, 2.05) is 29.3 Å². The van der Waals surface area contributed by atoms with Crippen LogP contribution in [0.5, 0.6) is 0 Å². The normalized spacial score (nSPS) is 12.4. The van der Waals surface area contributed by atoms with Crippen LogP contribution < -0.4 is 5.73 Å². The number of methoxy groups -OCH3 is 1. The van der Waals surface area contributed by atoms with Crippen molar-refractivity contribution in [3.63, 3.8) is 0 Å². The van der Waals surface area contributed by atoms with Crippen molar-refractivity contribution in [2.24, 2.45) is 11.7 Å². The summed E-state index contributed by atoms with van der Waals surface area (Å²) in [6, 6.07) is 4.05. The highest BCUT2D eigenvalue weighted by molar-refractivity contribution is 7.09. The van der Waals surface area contributed by atoms with E-state index in [-0.39, 0.29) is 11.8 Å². The van der Waals surface area contributed by atoms with E-state index in [1.54, 1.807) is 18.4 Å². The first-order chi connectivity index (χ1) is 8.67. The van der Waals surface area contributed by atoms with Crippen molar-refractivity contribution in [1.82, 2.24) is 4.90 Å². The lowest BCUT2D eigenvalue weighted by molar-refractivity contribution is -0.133. The van der Waals surface area contributed by atoms with Crippen LogP contribution in [0.1, 0.15) is 18.2 Å². The molecule has 0 fully saturated rings. The first-order valence-corrected chi connectivity index (χ1v) is 7.04. The number of thiophene rings is 1. The van der Waals surface area contributed by atoms with Crippen LogP contribution in [0.25, 0.3) is 0 Å². The molecule has 1 heterocycles. The van der Waals surface area contributed by atoms with E-state index >= 15 is 0 Å². The zero-order chi connectivity index (χ0) is 13.4. The molecule has 0 aliphatic heterocycles. The van der Waals surface area contributed by atoms with Crippen LogP contribution in [0.2, 0.25) is 0 Å². The van der Waals surface area contributed by atoms with E-state index in [0.717, 1.165) is 0 Å². The van der Waals surface area contributed by atoms with E-state index in [9.17, 15) is 4.79 Å². The number of amides is 1. The van der Waals surface area contributed by atoms with E-state index < -0.39 is 0 Å². The van der Waals surface area contributed by atoms with Crippen LogP contribution in [0.15, 0.2) is 17.5 Å². The van der Waals surface area contributed by atoms with Gasteiger partial charge in [0.25, 0.3) is 0 Å². The molecule has 1 atom stereocenters. The summed E-state index contributed by atoms with van der Waals surface area (Å²) in [5.41, 5.74) is 5.56. The van der Waals surface area contributed by atoms with Gasteiger partial charge < -0.3 is 15.4 Å². The number of carbonyl (C=O) groups excluding carboxylic acids is 1. The Kier molecular flexibility index (Phi) is 6.93. The lowest BCUT2D eigenvalue weighted by atomic mass is 10.1. The third-order valence-corrected chi connectivity index (χ3v) is 3.63. The fourth-order valence-corrected chi connectivity index (χ4v) is 2.31. The average Bonchev–Trinajstić information content (AvgIpc) is 2.86. The highest BCUT2D eigenvalue weighted by Crippen LogP contribution is 2.14. The van der Waals surface area contributed by atoms with Gasteiger partial charge in [-0.2, -0.15) is 0 Å². The summed E-state index contributed by atoms with van der Waals surface area (Å²) in [5.74, 6) is 0.379. The summed E-state index contributed by atoms with van der Waals surface area (Å²) in [5, 5.41) is 2.02. The molecule has 0 radical (unpaired) electrons. The van der Waals surface area contributed by atoms with Crippen LogP contribution in [0.3, 0.4) is 0 Å². The second-order valence-corrected chi connectivity index (χ2v) is 5.46. The molecule has 0 saturated carbocycles. The molecule has 0 aliphatic rings. The van der Waals surface area contributed by atoms with Crippen molar-refractivity contribution in [3.05, 3.63) is 22.4 Å². The maximum absolute atomic E-state index is 12.2. The van der Waals surface area contributed by atoms with Crippen LogP contribution >= 0.6 is 11.3 Å². The van der Waals surface area contributed by atoms with Crippen LogP contribution in [-0.4, -0.2) is 37.6 Å². The van der Waals surface area contributed by atoms with Gasteiger partial charge in [-0.15, -0.1) is 11.3 Å². The van der Waals surface area contributed by atoms with Gasteiger partial charge in [0.15, 0.2) is 0 Å². The molecule has 1 aromatic rings. The Hall–Kier alpha value is -0.910. The molecular formula is C13H22N2O2S. The maximum Gasteiger partial charge on any atom is 0.223 e. The van der Waals surface area contributed by atoms with Crippen LogP contribution in [0.4, 0.5) is 0 Å². The van der Waals surface area contributed by atoms with Crippen molar-refractivity contribution >= 4 is 17.2 Å². The lowest BCUT2D eigenvalue weighted by Gasteiger charge is -2.23. The molecule has 1 unspecified atom stereocenters. The van der Waals surface area contributed by atoms with Crippen molar-refractivity contribution in [2.45, 2.75) is 19.9 Å². The molecule has 4 nitrogen and oxygen atoms in total. The highest BCUT2D eigenvalue weighted by atomic mass is 32.1. The summed E-state index contributed by atoms with van der Waals surface area (Å²) < 4.78 is 5.06. The Morgan fingerprint density at radius 3 is 2.94 bits per heavy atom. The Morgan fingerprint density at radius 2 is 2.39 bits per heavy atom. The Morgan fingerprint density at radius 1 is 1.61 bits per heavy atom. The lowest BCUT2D eigenvalue weighted by Crippen LogP contribution is -2.34. The van der Waals surface area contributed by atoms with Gasteiger partial charge >= 0.3 is 0 Å². The van der Waals surface area contributed by atoms with E-state index in [2.05, 4.69) is 0 Å². The predicted molar refractivity (Wildman–Crippen MR) is 74.4 cm³/mol. The number of hydrogen-bond donors (Lipinski definition) is 1. The standard InChI is InChI=1S/C13H22N2O2S/c1-11(9-14)8-13(16)15(5-6-17-2)10-12-4-3-7-18-12/h3-4,7,11H,5-6,8-10,14H2,1-2H3. The topological polar surface area (TPSA) is 55.6 Å². The molecular weight excluding hydrogens is 248 g/mol. The third-order valence-electron chi connectivity index (χ3n) is 2.77. The van der Waals surface area contributed by atoms with Gasteiger partial charge in [0, 0.05) is 25.0 Å². The van der Waals surface area contributed by atoms with Gasteiger partial charge in [-0.3, -0.25) is 4.79 Å². The molecule has 5 heteroatoms. The van der Waals surface area contributed by atoms with Gasteiger partial charge in [0.2, 0.25) is 5.91 Å². The van der Waals surface area contributed by atoms with Crippen molar-refractivity contribution in [3.8, 4) is 0 Å². The van der Waals surface area contributed by atoms with Crippen LogP contribution in [0, 0.1) is 5.92 Å². The molecule has 2 N–H and O–H groups in total. The number of nitrogens with zero attached hydrogens (tertiary/aromatic N) is 1. The number of ether oxygens (including phenoxy) is 1. The summed E-state index contributed by atoms with van der Waals surface area (Å²) >= 11 is 1.67. The predicted octanol–water partition coefficient (Wildman–Crippen LogP) is 1.71.